The van der Waals surface area contributed by atoms with Crippen LogP contribution in [0.5, 0.6) is 5.75 Å². The van der Waals surface area contributed by atoms with E-state index < -0.39 is 11.9 Å². The highest BCUT2D eigenvalue weighted by molar-refractivity contribution is 6.06. The lowest BCUT2D eigenvalue weighted by atomic mass is 9.85. The molecule has 3 saturated heterocycles. The van der Waals surface area contributed by atoms with E-state index in [1.165, 1.54) is 18.5 Å². The minimum atomic E-state index is -0.704. The van der Waals surface area contributed by atoms with Gasteiger partial charge in [0.25, 0.3) is 5.91 Å². The van der Waals surface area contributed by atoms with Crippen LogP contribution in [0.3, 0.4) is 0 Å². The number of aromatic nitrogens is 5. The molecule has 0 radical (unpaired) electrons. The van der Waals surface area contributed by atoms with Gasteiger partial charge in [0.2, 0.25) is 11.8 Å². The number of pyridine rings is 1. The van der Waals surface area contributed by atoms with Gasteiger partial charge in [0.15, 0.2) is 0 Å². The van der Waals surface area contributed by atoms with Gasteiger partial charge in [0.1, 0.15) is 17.9 Å². The van der Waals surface area contributed by atoms with Crippen LogP contribution in [0.1, 0.15) is 79.4 Å². The molecule has 1 aliphatic carbocycles. The van der Waals surface area contributed by atoms with Gasteiger partial charge in [0.05, 0.1) is 52.2 Å². The van der Waals surface area contributed by atoms with Crippen LogP contribution in [0.4, 0.5) is 11.4 Å². The van der Waals surface area contributed by atoms with Crippen molar-refractivity contribution in [3.63, 3.8) is 0 Å². The van der Waals surface area contributed by atoms with Gasteiger partial charge in [-0.25, -0.2) is 4.79 Å². The SMILES string of the molecule is COc1cc2nn(C3CCC(CN4C5CCC4CN(c4cccc6c4n(C)c(=O)n6C4CCC(=O)NC4=O)C5)CC3)cc2cc1NC(=O)c1cncc(C#N)c1. The Kier molecular flexibility index (Phi) is 9.08. The number of anilines is 2. The van der Waals surface area contributed by atoms with Crippen molar-refractivity contribution in [3.05, 3.63) is 76.6 Å². The number of imide groups is 1. The number of rotatable bonds is 8. The summed E-state index contributed by atoms with van der Waals surface area (Å²) in [6.07, 6.45) is 12.1. The van der Waals surface area contributed by atoms with Gasteiger partial charge in [0, 0.05) is 75.2 Å². The lowest BCUT2D eigenvalue weighted by Crippen LogP contribution is -2.55. The normalized spacial score (nSPS) is 24.0. The number of aryl methyl sites for hydroxylation is 1. The number of nitrogens with one attached hydrogen (secondary N) is 2. The van der Waals surface area contributed by atoms with Crippen molar-refractivity contribution in [1.29, 1.82) is 5.26 Å². The Balaban J connectivity index is 0.850. The number of fused-ring (bicyclic) bond motifs is 4. The summed E-state index contributed by atoms with van der Waals surface area (Å²) in [5, 5.41) is 20.4. The Labute approximate surface area is 322 Å². The first-order chi connectivity index (χ1) is 27.2. The van der Waals surface area contributed by atoms with Gasteiger partial charge in [-0.05, 0) is 75.1 Å². The highest BCUT2D eigenvalue weighted by Crippen LogP contribution is 2.40. The van der Waals surface area contributed by atoms with Crippen molar-refractivity contribution in [3.8, 4) is 11.8 Å². The zero-order valence-corrected chi connectivity index (χ0v) is 31.5. The zero-order chi connectivity index (χ0) is 38.7. The van der Waals surface area contributed by atoms with Crippen molar-refractivity contribution in [1.82, 2.24) is 34.1 Å². The van der Waals surface area contributed by atoms with E-state index in [4.69, 9.17) is 9.84 Å². The Bertz CT molecular complexity index is 2470. The Hall–Kier alpha value is -6.01. The summed E-state index contributed by atoms with van der Waals surface area (Å²) in [7, 11) is 3.34. The van der Waals surface area contributed by atoms with E-state index in [1.54, 1.807) is 23.3 Å². The zero-order valence-electron chi connectivity index (χ0n) is 31.5. The third kappa shape index (κ3) is 6.27. The number of nitrogens with zero attached hydrogens (tertiary/aromatic N) is 8. The maximum atomic E-state index is 13.6. The van der Waals surface area contributed by atoms with Crippen molar-refractivity contribution in [2.24, 2.45) is 13.0 Å². The van der Waals surface area contributed by atoms with Gasteiger partial charge < -0.3 is 15.0 Å². The lowest BCUT2D eigenvalue weighted by molar-refractivity contribution is -0.135. The maximum absolute atomic E-state index is 13.6. The molecule has 2 N–H and O–H groups in total. The van der Waals surface area contributed by atoms with E-state index in [1.807, 2.05) is 30.3 Å². The second-order valence-corrected chi connectivity index (χ2v) is 15.7. The molecule has 2 bridgehead atoms. The van der Waals surface area contributed by atoms with E-state index in [0.717, 1.165) is 85.8 Å². The van der Waals surface area contributed by atoms with Crippen molar-refractivity contribution >= 4 is 51.0 Å². The van der Waals surface area contributed by atoms with Gasteiger partial charge in [-0.3, -0.25) is 43.4 Å². The number of methoxy groups -OCH3 is 1. The molecule has 4 fully saturated rings. The predicted octanol–water partition coefficient (Wildman–Crippen LogP) is 4.28. The average molecular weight is 757 g/mol. The van der Waals surface area contributed by atoms with E-state index in [-0.39, 0.29) is 30.0 Å². The molecule has 2 aromatic carbocycles. The minimum Gasteiger partial charge on any atom is -0.494 e. The summed E-state index contributed by atoms with van der Waals surface area (Å²) in [5.74, 6) is 0.0174. The fourth-order valence-electron chi connectivity index (χ4n) is 9.62. The number of piperidine rings is 1. The topological polar surface area (TPSA) is 172 Å². The van der Waals surface area contributed by atoms with Crippen LogP contribution in [-0.2, 0) is 16.6 Å². The standard InChI is InChI=1S/C41H44N10O5/c1-47-38-33(4-3-5-34(38)51(41(47)55)35-12-13-37(52)45-40(35)54)48-22-29-10-11-30(23-48)49(29)20-24-6-8-28(9-7-24)50-21-27-15-32(36(56-2)16-31(27)46-50)44-39(53)26-14-25(17-42)18-43-19-26/h3-5,14-16,18-19,21,24,28-30,35H,6-13,20,22-23H2,1-2H3,(H,44,53)(H,45,52,54). The van der Waals surface area contributed by atoms with Crippen LogP contribution in [0, 0.1) is 17.2 Å². The molecule has 3 unspecified atom stereocenters. The number of ether oxygens (including phenoxy) is 1. The van der Waals surface area contributed by atoms with E-state index in [2.05, 4.69) is 42.4 Å². The predicted molar refractivity (Wildman–Crippen MR) is 209 cm³/mol. The number of amides is 3. The molecule has 288 valence electrons. The number of para-hydroxylation sites is 1. The second kappa shape index (κ2) is 14.2. The minimum absolute atomic E-state index is 0.215. The molecule has 5 aromatic rings. The fourth-order valence-corrected chi connectivity index (χ4v) is 9.62. The molecule has 3 aliphatic heterocycles. The smallest absolute Gasteiger partial charge is 0.329 e. The molecule has 0 spiro atoms. The first-order valence-corrected chi connectivity index (χ1v) is 19.5. The first-order valence-electron chi connectivity index (χ1n) is 19.5. The molecule has 4 aliphatic rings. The molecule has 3 atom stereocenters. The highest BCUT2D eigenvalue weighted by atomic mass is 16.5. The van der Waals surface area contributed by atoms with Crippen LogP contribution in [-0.4, -0.2) is 85.3 Å². The van der Waals surface area contributed by atoms with Crippen LogP contribution >= 0.6 is 0 Å². The molecular weight excluding hydrogens is 713 g/mol. The maximum Gasteiger partial charge on any atom is 0.329 e. The van der Waals surface area contributed by atoms with Gasteiger partial charge in [-0.15, -0.1) is 0 Å². The number of imidazole rings is 1. The summed E-state index contributed by atoms with van der Waals surface area (Å²) in [6, 6.07) is 13.7. The number of hydrogen-bond donors (Lipinski definition) is 2. The molecule has 3 amide bonds. The van der Waals surface area contributed by atoms with Gasteiger partial charge in [-0.1, -0.05) is 6.07 Å². The van der Waals surface area contributed by atoms with Gasteiger partial charge >= 0.3 is 5.69 Å². The second-order valence-electron chi connectivity index (χ2n) is 15.7. The fraction of sp³-hybridized carbons (Fsp3) is 0.439. The van der Waals surface area contributed by atoms with Crippen molar-refractivity contribution in [2.75, 3.05) is 37.0 Å². The van der Waals surface area contributed by atoms with Crippen LogP contribution < -0.4 is 26.0 Å². The molecule has 56 heavy (non-hydrogen) atoms. The highest BCUT2D eigenvalue weighted by Gasteiger charge is 2.42. The van der Waals surface area contributed by atoms with E-state index in [0.29, 0.717) is 47.0 Å². The quantitative estimate of drug-likeness (QED) is 0.218. The number of carbonyl (C=O) groups excluding carboxylic acids is 3. The Morgan fingerprint density at radius 3 is 2.50 bits per heavy atom. The first kappa shape index (κ1) is 35.7. The third-order valence-electron chi connectivity index (χ3n) is 12.5. The summed E-state index contributed by atoms with van der Waals surface area (Å²) >= 11 is 0. The van der Waals surface area contributed by atoms with E-state index >= 15 is 0 Å². The molecule has 6 heterocycles. The molecule has 15 nitrogen and oxygen atoms in total. The summed E-state index contributed by atoms with van der Waals surface area (Å²) in [6.45, 7) is 2.86. The van der Waals surface area contributed by atoms with Gasteiger partial charge in [-0.2, -0.15) is 10.4 Å². The summed E-state index contributed by atoms with van der Waals surface area (Å²) < 4.78 is 10.9. The van der Waals surface area contributed by atoms with Crippen molar-refractivity contribution in [2.45, 2.75) is 75.5 Å². The molecule has 1 saturated carbocycles. The lowest BCUT2D eigenvalue weighted by Gasteiger charge is -2.44. The number of hydrogen-bond acceptors (Lipinski definition) is 10. The molecule has 3 aromatic heterocycles. The van der Waals surface area contributed by atoms with Crippen LogP contribution in [0.25, 0.3) is 21.9 Å². The Morgan fingerprint density at radius 1 is 1.00 bits per heavy atom. The van der Waals surface area contributed by atoms with Crippen molar-refractivity contribution < 1.29 is 19.1 Å². The number of piperazine rings is 1. The largest absolute Gasteiger partial charge is 0.494 e. The summed E-state index contributed by atoms with van der Waals surface area (Å²) in [4.78, 5) is 60.4. The number of carbonyl (C=O) groups is 3. The summed E-state index contributed by atoms with van der Waals surface area (Å²) in [5.41, 5.74) is 4.26. The molecule has 9 rings (SSSR count). The number of nitriles is 1. The Morgan fingerprint density at radius 2 is 1.77 bits per heavy atom. The molecular formula is C41H44N10O5. The monoisotopic (exact) mass is 756 g/mol. The number of benzene rings is 2. The average Bonchev–Trinajstić information content (AvgIpc) is 3.81. The third-order valence-corrected chi connectivity index (χ3v) is 12.5. The van der Waals surface area contributed by atoms with E-state index in [9.17, 15) is 24.4 Å². The van der Waals surface area contributed by atoms with Crippen LogP contribution in [0.15, 0.2) is 59.8 Å². The molecule has 15 heteroatoms. The van der Waals surface area contributed by atoms with Crippen LogP contribution in [0.2, 0.25) is 0 Å².